The third-order valence-electron chi connectivity index (χ3n) is 4.90. The Morgan fingerprint density at radius 3 is 2.73 bits per heavy atom. The molecule has 1 aliphatic rings. The van der Waals surface area contributed by atoms with E-state index in [9.17, 15) is 4.79 Å². The fourth-order valence-electron chi connectivity index (χ4n) is 3.34. The lowest BCUT2D eigenvalue weighted by Gasteiger charge is -2.07. The van der Waals surface area contributed by atoms with Gasteiger partial charge in [0.2, 0.25) is 5.91 Å². The summed E-state index contributed by atoms with van der Waals surface area (Å²) < 4.78 is 1.79. The number of carbonyl (C=O) groups excluding carboxylic acids is 1. The van der Waals surface area contributed by atoms with Crippen molar-refractivity contribution < 1.29 is 4.79 Å². The van der Waals surface area contributed by atoms with Crippen molar-refractivity contribution in [2.75, 3.05) is 0 Å². The second kappa shape index (κ2) is 7.12. The fourth-order valence-corrected chi connectivity index (χ4v) is 3.34. The van der Waals surface area contributed by atoms with Gasteiger partial charge < -0.3 is 5.32 Å². The molecule has 2 aromatic carbocycles. The van der Waals surface area contributed by atoms with E-state index in [1.54, 1.807) is 11.0 Å². The number of hydrogen-bond donors (Lipinski definition) is 1. The summed E-state index contributed by atoms with van der Waals surface area (Å²) in [6.07, 6.45) is 4.19. The van der Waals surface area contributed by atoms with Gasteiger partial charge in [0.15, 0.2) is 0 Å². The molecule has 2 atom stereocenters. The molecule has 0 bridgehead atoms. The molecule has 4 rings (SSSR count). The van der Waals surface area contributed by atoms with Crippen LogP contribution in [0.3, 0.4) is 0 Å². The van der Waals surface area contributed by atoms with Gasteiger partial charge in [0.1, 0.15) is 12.7 Å². The predicted molar refractivity (Wildman–Crippen MR) is 99.4 cm³/mol. The van der Waals surface area contributed by atoms with Crippen molar-refractivity contribution in [3.05, 3.63) is 83.4 Å². The first-order valence-electron chi connectivity index (χ1n) is 8.93. The van der Waals surface area contributed by atoms with E-state index in [0.717, 1.165) is 17.5 Å². The molecule has 1 fully saturated rings. The van der Waals surface area contributed by atoms with Gasteiger partial charge in [-0.2, -0.15) is 5.10 Å². The highest BCUT2D eigenvalue weighted by Gasteiger charge is 2.43. The second-order valence-electron chi connectivity index (χ2n) is 6.99. The van der Waals surface area contributed by atoms with Gasteiger partial charge in [-0.15, -0.1) is 0 Å². The highest BCUT2D eigenvalue weighted by Crippen LogP contribution is 2.47. The number of nitrogens with one attached hydrogen (secondary N) is 1. The minimum Gasteiger partial charge on any atom is -0.352 e. The summed E-state index contributed by atoms with van der Waals surface area (Å²) in [4.78, 5) is 16.3. The molecule has 0 aliphatic heterocycles. The van der Waals surface area contributed by atoms with E-state index in [2.05, 4.69) is 70.9 Å². The fraction of sp³-hybridized carbons (Fsp3) is 0.286. The number of rotatable bonds is 6. The lowest BCUT2D eigenvalue weighted by Crippen LogP contribution is -2.24. The summed E-state index contributed by atoms with van der Waals surface area (Å²) >= 11 is 0. The molecule has 0 spiro atoms. The zero-order valence-electron chi connectivity index (χ0n) is 14.8. The average Bonchev–Trinajstić information content (AvgIpc) is 3.30. The Bertz CT molecular complexity index is 887. The first-order valence-corrected chi connectivity index (χ1v) is 8.93. The predicted octanol–water partition coefficient (Wildman–Crippen LogP) is 3.05. The maximum Gasteiger partial charge on any atom is 0.224 e. The SMILES string of the molecule is Cc1cccc([C@@H]2C[C@@H]2C(=O)NCc2ccc(Cn3cncn3)cc2)c1. The van der Waals surface area contributed by atoms with Gasteiger partial charge in [-0.05, 0) is 36.0 Å². The van der Waals surface area contributed by atoms with Gasteiger partial charge >= 0.3 is 0 Å². The molecule has 1 saturated carbocycles. The van der Waals surface area contributed by atoms with Crippen LogP contribution in [0, 0.1) is 12.8 Å². The summed E-state index contributed by atoms with van der Waals surface area (Å²) in [6, 6.07) is 16.7. The topological polar surface area (TPSA) is 59.8 Å². The maximum atomic E-state index is 12.4. The van der Waals surface area contributed by atoms with E-state index in [1.807, 2.05) is 0 Å². The highest BCUT2D eigenvalue weighted by molar-refractivity contribution is 5.82. The first-order chi connectivity index (χ1) is 12.7. The molecule has 3 aromatic rings. The molecule has 1 amide bonds. The molecular weight excluding hydrogens is 324 g/mol. The second-order valence-corrected chi connectivity index (χ2v) is 6.99. The van der Waals surface area contributed by atoms with Crippen LogP contribution < -0.4 is 5.32 Å². The van der Waals surface area contributed by atoms with Crippen LogP contribution in [0.4, 0.5) is 0 Å². The Morgan fingerprint density at radius 2 is 2.00 bits per heavy atom. The Balaban J connectivity index is 1.28. The third kappa shape index (κ3) is 3.82. The van der Waals surface area contributed by atoms with E-state index in [-0.39, 0.29) is 11.8 Å². The minimum absolute atomic E-state index is 0.114. The monoisotopic (exact) mass is 346 g/mol. The van der Waals surface area contributed by atoms with Gasteiger partial charge in [0.05, 0.1) is 6.54 Å². The van der Waals surface area contributed by atoms with Crippen molar-refractivity contribution in [2.45, 2.75) is 32.4 Å². The summed E-state index contributed by atoms with van der Waals surface area (Å²) in [7, 11) is 0. The summed E-state index contributed by atoms with van der Waals surface area (Å²) in [6.45, 7) is 3.36. The van der Waals surface area contributed by atoms with Crippen LogP contribution >= 0.6 is 0 Å². The lowest BCUT2D eigenvalue weighted by atomic mass is 10.1. The largest absolute Gasteiger partial charge is 0.352 e. The zero-order chi connectivity index (χ0) is 17.9. The van der Waals surface area contributed by atoms with Crippen LogP contribution in [0.2, 0.25) is 0 Å². The molecule has 1 aliphatic carbocycles. The van der Waals surface area contributed by atoms with Crippen molar-refractivity contribution in [3.8, 4) is 0 Å². The van der Waals surface area contributed by atoms with E-state index < -0.39 is 0 Å². The molecule has 0 saturated heterocycles. The molecule has 0 radical (unpaired) electrons. The third-order valence-corrected chi connectivity index (χ3v) is 4.90. The molecular formula is C21H22N4O. The summed E-state index contributed by atoms with van der Waals surface area (Å²) in [5, 5.41) is 7.18. The van der Waals surface area contributed by atoms with Gasteiger partial charge in [0.25, 0.3) is 0 Å². The van der Waals surface area contributed by atoms with Crippen LogP contribution in [0.25, 0.3) is 0 Å². The number of benzene rings is 2. The van der Waals surface area contributed by atoms with Crippen molar-refractivity contribution in [2.24, 2.45) is 5.92 Å². The Labute approximate surface area is 153 Å². The Kier molecular flexibility index (Phi) is 4.52. The van der Waals surface area contributed by atoms with Crippen LogP contribution in [0.1, 0.15) is 34.6 Å². The van der Waals surface area contributed by atoms with E-state index in [4.69, 9.17) is 0 Å². The number of nitrogens with zero attached hydrogens (tertiary/aromatic N) is 3. The molecule has 5 heteroatoms. The number of hydrogen-bond acceptors (Lipinski definition) is 3. The van der Waals surface area contributed by atoms with Crippen LogP contribution in [0.5, 0.6) is 0 Å². The van der Waals surface area contributed by atoms with Gasteiger partial charge in [0, 0.05) is 12.5 Å². The quantitative estimate of drug-likeness (QED) is 0.746. The lowest BCUT2D eigenvalue weighted by molar-refractivity contribution is -0.122. The van der Waals surface area contributed by atoms with Crippen LogP contribution in [0.15, 0.2) is 61.2 Å². The highest BCUT2D eigenvalue weighted by atomic mass is 16.2. The number of carbonyl (C=O) groups is 1. The standard InChI is InChI=1S/C21H22N4O/c1-15-3-2-4-18(9-15)19-10-20(19)21(26)23-11-16-5-7-17(8-6-16)12-25-14-22-13-24-25/h2-9,13-14,19-20H,10-12H2,1H3,(H,23,26)/t19-,20-/m0/s1. The van der Waals surface area contributed by atoms with Crippen molar-refractivity contribution in [1.29, 1.82) is 0 Å². The van der Waals surface area contributed by atoms with Crippen molar-refractivity contribution in [3.63, 3.8) is 0 Å². The summed E-state index contributed by atoms with van der Waals surface area (Å²) in [5.41, 5.74) is 4.79. The molecule has 26 heavy (non-hydrogen) atoms. The van der Waals surface area contributed by atoms with Gasteiger partial charge in [-0.1, -0.05) is 54.1 Å². The normalized spacial score (nSPS) is 18.5. The van der Waals surface area contributed by atoms with E-state index >= 15 is 0 Å². The average molecular weight is 346 g/mol. The summed E-state index contributed by atoms with van der Waals surface area (Å²) in [5.74, 6) is 0.645. The van der Waals surface area contributed by atoms with E-state index in [1.165, 1.54) is 17.5 Å². The molecule has 5 nitrogen and oxygen atoms in total. The Hall–Kier alpha value is -2.95. The number of aryl methyl sites for hydroxylation is 1. The van der Waals surface area contributed by atoms with Crippen LogP contribution in [-0.2, 0) is 17.9 Å². The first kappa shape index (κ1) is 16.5. The molecule has 132 valence electrons. The maximum absolute atomic E-state index is 12.4. The molecule has 1 aromatic heterocycles. The smallest absolute Gasteiger partial charge is 0.224 e. The Morgan fingerprint density at radius 1 is 1.19 bits per heavy atom. The zero-order valence-corrected chi connectivity index (χ0v) is 14.8. The van der Waals surface area contributed by atoms with Crippen LogP contribution in [-0.4, -0.2) is 20.7 Å². The van der Waals surface area contributed by atoms with Crippen molar-refractivity contribution in [1.82, 2.24) is 20.1 Å². The minimum atomic E-state index is 0.114. The van der Waals surface area contributed by atoms with E-state index in [0.29, 0.717) is 19.0 Å². The number of aromatic nitrogens is 3. The van der Waals surface area contributed by atoms with Crippen molar-refractivity contribution >= 4 is 5.91 Å². The van der Waals surface area contributed by atoms with Gasteiger partial charge in [-0.25, -0.2) is 9.67 Å². The molecule has 1 N–H and O–H groups in total. The molecule has 1 heterocycles. The van der Waals surface area contributed by atoms with Gasteiger partial charge in [-0.3, -0.25) is 4.79 Å². The number of amides is 1. The molecule has 0 unspecified atom stereocenters.